The molecule has 0 aromatic heterocycles. The summed E-state index contributed by atoms with van der Waals surface area (Å²) >= 11 is 3.18. The highest BCUT2D eigenvalue weighted by Crippen LogP contribution is 2.18. The number of sulfonamides is 1. The monoisotopic (exact) mass is 335 g/mol. The minimum atomic E-state index is -3.69. The third-order valence-electron chi connectivity index (χ3n) is 2.39. The molecule has 0 aliphatic heterocycles. The Morgan fingerprint density at radius 3 is 2.56 bits per heavy atom. The Morgan fingerprint density at radius 2 is 2.06 bits per heavy atom. The number of carbonyl (C=O) groups is 1. The summed E-state index contributed by atoms with van der Waals surface area (Å²) in [5.41, 5.74) is -1.15. The number of aliphatic carboxylic acids is 1. The van der Waals surface area contributed by atoms with Crippen LogP contribution in [0.15, 0.2) is 33.6 Å². The van der Waals surface area contributed by atoms with Crippen LogP contribution in [0.1, 0.15) is 13.8 Å². The second-order valence-corrected chi connectivity index (χ2v) is 7.15. The SMILES string of the molecule is CC(C)(CNS(=O)(=O)c1cccc(Br)c1)C(=O)O. The van der Waals surface area contributed by atoms with Gasteiger partial charge in [0.1, 0.15) is 0 Å². The van der Waals surface area contributed by atoms with E-state index < -0.39 is 21.4 Å². The molecule has 100 valence electrons. The Bertz CT molecular complexity index is 554. The number of halogens is 1. The molecule has 0 atom stereocenters. The van der Waals surface area contributed by atoms with Crippen LogP contribution in [0.25, 0.3) is 0 Å². The van der Waals surface area contributed by atoms with Crippen LogP contribution in [-0.4, -0.2) is 26.0 Å². The summed E-state index contributed by atoms with van der Waals surface area (Å²) in [6, 6.07) is 6.21. The van der Waals surface area contributed by atoms with E-state index in [1.807, 2.05) is 0 Å². The van der Waals surface area contributed by atoms with Crippen LogP contribution in [0, 0.1) is 5.41 Å². The number of nitrogens with one attached hydrogen (secondary N) is 1. The van der Waals surface area contributed by atoms with Crippen molar-refractivity contribution in [3.8, 4) is 0 Å². The van der Waals surface area contributed by atoms with Crippen molar-refractivity contribution in [1.29, 1.82) is 0 Å². The number of rotatable bonds is 5. The van der Waals surface area contributed by atoms with Crippen molar-refractivity contribution in [3.63, 3.8) is 0 Å². The number of carboxylic acids is 1. The average molecular weight is 336 g/mol. The van der Waals surface area contributed by atoms with E-state index in [0.29, 0.717) is 4.47 Å². The lowest BCUT2D eigenvalue weighted by atomic mass is 9.95. The van der Waals surface area contributed by atoms with Gasteiger partial charge < -0.3 is 5.11 Å². The first-order valence-corrected chi connectivity index (χ1v) is 7.41. The number of benzene rings is 1. The van der Waals surface area contributed by atoms with Gasteiger partial charge in [-0.1, -0.05) is 22.0 Å². The Balaban J connectivity index is 2.87. The summed E-state index contributed by atoms with van der Waals surface area (Å²) in [6.45, 7) is 2.74. The van der Waals surface area contributed by atoms with Crippen LogP contribution in [-0.2, 0) is 14.8 Å². The summed E-state index contributed by atoms with van der Waals surface area (Å²) < 4.78 is 26.8. The molecular formula is C11H14BrNO4S. The van der Waals surface area contributed by atoms with Gasteiger partial charge in [0.2, 0.25) is 10.0 Å². The Labute approximate surface area is 114 Å². The van der Waals surface area contributed by atoms with E-state index in [9.17, 15) is 13.2 Å². The van der Waals surface area contributed by atoms with Crippen LogP contribution in [0.4, 0.5) is 0 Å². The maximum absolute atomic E-state index is 11.9. The van der Waals surface area contributed by atoms with Gasteiger partial charge in [0.05, 0.1) is 10.3 Å². The second-order valence-electron chi connectivity index (χ2n) is 4.47. The van der Waals surface area contributed by atoms with Gasteiger partial charge in [-0.25, -0.2) is 13.1 Å². The molecule has 2 N–H and O–H groups in total. The zero-order valence-electron chi connectivity index (χ0n) is 9.97. The molecule has 0 unspecified atom stereocenters. The van der Waals surface area contributed by atoms with Gasteiger partial charge in [-0.05, 0) is 32.0 Å². The summed E-state index contributed by atoms with van der Waals surface area (Å²) in [7, 11) is -3.69. The maximum Gasteiger partial charge on any atom is 0.310 e. The highest BCUT2D eigenvalue weighted by molar-refractivity contribution is 9.10. The van der Waals surface area contributed by atoms with Gasteiger partial charge in [-0.3, -0.25) is 4.79 Å². The fourth-order valence-electron chi connectivity index (χ4n) is 1.07. The lowest BCUT2D eigenvalue weighted by molar-refractivity contribution is -0.146. The van der Waals surface area contributed by atoms with Crippen LogP contribution in [0.2, 0.25) is 0 Å². The van der Waals surface area contributed by atoms with Crippen LogP contribution < -0.4 is 4.72 Å². The molecule has 18 heavy (non-hydrogen) atoms. The molecule has 0 spiro atoms. The third-order valence-corrected chi connectivity index (χ3v) is 4.28. The van der Waals surface area contributed by atoms with E-state index in [-0.39, 0.29) is 11.4 Å². The second kappa shape index (κ2) is 5.38. The Kier molecular flexibility index (Phi) is 4.52. The molecule has 0 aliphatic carbocycles. The maximum atomic E-state index is 11.9. The zero-order chi connectivity index (χ0) is 14.0. The van der Waals surface area contributed by atoms with Gasteiger partial charge in [-0.15, -0.1) is 0 Å². The lowest BCUT2D eigenvalue weighted by Gasteiger charge is -2.19. The topological polar surface area (TPSA) is 83.5 Å². The van der Waals surface area contributed by atoms with E-state index >= 15 is 0 Å². The van der Waals surface area contributed by atoms with Gasteiger partial charge in [0.15, 0.2) is 0 Å². The molecule has 7 heteroatoms. The van der Waals surface area contributed by atoms with Crippen molar-refractivity contribution in [3.05, 3.63) is 28.7 Å². The van der Waals surface area contributed by atoms with Crippen LogP contribution in [0.3, 0.4) is 0 Å². The molecule has 0 heterocycles. The number of hydrogen-bond acceptors (Lipinski definition) is 3. The average Bonchev–Trinajstić information content (AvgIpc) is 2.26. The molecule has 1 aromatic carbocycles. The molecule has 1 aromatic rings. The fourth-order valence-corrected chi connectivity index (χ4v) is 2.88. The molecule has 0 fully saturated rings. The molecule has 0 saturated carbocycles. The van der Waals surface area contributed by atoms with Crippen molar-refractivity contribution < 1.29 is 18.3 Å². The van der Waals surface area contributed by atoms with Crippen molar-refractivity contribution in [2.75, 3.05) is 6.54 Å². The highest BCUT2D eigenvalue weighted by Gasteiger charge is 2.29. The molecule has 0 radical (unpaired) electrons. The van der Waals surface area contributed by atoms with Gasteiger partial charge in [-0.2, -0.15) is 0 Å². The Hall–Kier alpha value is -0.920. The highest BCUT2D eigenvalue weighted by atomic mass is 79.9. The normalized spacial score (nSPS) is 12.4. The van der Waals surface area contributed by atoms with E-state index in [1.165, 1.54) is 26.0 Å². The lowest BCUT2D eigenvalue weighted by Crippen LogP contribution is -2.38. The quantitative estimate of drug-likeness (QED) is 0.859. The summed E-state index contributed by atoms with van der Waals surface area (Å²) in [6.07, 6.45) is 0. The number of hydrogen-bond donors (Lipinski definition) is 2. The predicted octanol–water partition coefficient (Wildman–Crippen LogP) is 1.84. The van der Waals surface area contributed by atoms with Crippen LogP contribution >= 0.6 is 15.9 Å². The summed E-state index contributed by atoms with van der Waals surface area (Å²) in [5, 5.41) is 8.91. The third kappa shape index (κ3) is 3.79. The largest absolute Gasteiger partial charge is 0.481 e. The Morgan fingerprint density at radius 1 is 1.44 bits per heavy atom. The van der Waals surface area contributed by atoms with E-state index in [2.05, 4.69) is 20.7 Å². The van der Waals surface area contributed by atoms with E-state index in [0.717, 1.165) is 0 Å². The molecule has 0 saturated heterocycles. The molecule has 0 bridgehead atoms. The van der Waals surface area contributed by atoms with Gasteiger partial charge >= 0.3 is 5.97 Å². The first kappa shape index (κ1) is 15.1. The zero-order valence-corrected chi connectivity index (χ0v) is 12.4. The van der Waals surface area contributed by atoms with E-state index in [1.54, 1.807) is 12.1 Å². The van der Waals surface area contributed by atoms with Crippen LogP contribution in [0.5, 0.6) is 0 Å². The standard InChI is InChI=1S/C11H14BrNO4S/c1-11(2,10(14)15)7-13-18(16,17)9-5-3-4-8(12)6-9/h3-6,13H,7H2,1-2H3,(H,14,15). The summed E-state index contributed by atoms with van der Waals surface area (Å²) in [5.74, 6) is -1.06. The van der Waals surface area contributed by atoms with Gasteiger partial charge in [0, 0.05) is 11.0 Å². The summed E-state index contributed by atoms with van der Waals surface area (Å²) in [4.78, 5) is 11.0. The molecule has 5 nitrogen and oxygen atoms in total. The first-order chi connectivity index (χ1) is 8.15. The minimum Gasteiger partial charge on any atom is -0.481 e. The molecule has 1 rings (SSSR count). The molecule has 0 aliphatic rings. The number of carboxylic acid groups (broad SMARTS) is 1. The fraction of sp³-hybridized carbons (Fsp3) is 0.364. The minimum absolute atomic E-state index is 0.0954. The smallest absolute Gasteiger partial charge is 0.310 e. The predicted molar refractivity (Wildman–Crippen MR) is 70.7 cm³/mol. The van der Waals surface area contributed by atoms with Crippen molar-refractivity contribution >= 4 is 31.9 Å². The molecular weight excluding hydrogens is 322 g/mol. The molecule has 0 amide bonds. The first-order valence-electron chi connectivity index (χ1n) is 5.14. The van der Waals surface area contributed by atoms with Crippen molar-refractivity contribution in [2.45, 2.75) is 18.7 Å². The van der Waals surface area contributed by atoms with E-state index in [4.69, 9.17) is 5.11 Å². The van der Waals surface area contributed by atoms with Gasteiger partial charge in [0.25, 0.3) is 0 Å². The van der Waals surface area contributed by atoms with Crippen molar-refractivity contribution in [1.82, 2.24) is 4.72 Å². The van der Waals surface area contributed by atoms with Crippen molar-refractivity contribution in [2.24, 2.45) is 5.41 Å².